The van der Waals surface area contributed by atoms with Gasteiger partial charge in [-0.15, -0.1) is 0 Å². The molecule has 0 atom stereocenters. The number of aliphatic carboxylic acids is 1. The average Bonchev–Trinajstić information content (AvgIpc) is 2.79. The Hall–Kier alpha value is -3.40. The summed E-state index contributed by atoms with van der Waals surface area (Å²) < 4.78 is 52.3. The third kappa shape index (κ3) is 7.60. The van der Waals surface area contributed by atoms with Gasteiger partial charge in [0.1, 0.15) is 17.2 Å². The highest BCUT2D eigenvalue weighted by Crippen LogP contribution is 2.35. The SMILES string of the molecule is COc1cc(OC)c(C=CS(=O)(=O)Cc2ccc(OC)c(OCCCC(=O)O)c2)c(OC)c1. The molecular weight excluding hydrogens is 452 g/mol. The molecule has 10 heteroatoms. The van der Waals surface area contributed by atoms with Gasteiger partial charge in [0.25, 0.3) is 0 Å². The summed E-state index contributed by atoms with van der Waals surface area (Å²) in [4.78, 5) is 10.6. The highest BCUT2D eigenvalue weighted by molar-refractivity contribution is 7.93. The molecule has 0 unspecified atom stereocenters. The molecule has 1 N–H and O–H groups in total. The van der Waals surface area contributed by atoms with E-state index in [1.165, 1.54) is 34.5 Å². The van der Waals surface area contributed by atoms with Crippen molar-refractivity contribution >= 4 is 21.9 Å². The van der Waals surface area contributed by atoms with Crippen LogP contribution in [0.4, 0.5) is 0 Å². The van der Waals surface area contributed by atoms with Gasteiger partial charge in [-0.1, -0.05) is 6.07 Å². The van der Waals surface area contributed by atoms with Gasteiger partial charge >= 0.3 is 5.97 Å². The highest BCUT2D eigenvalue weighted by atomic mass is 32.2. The Morgan fingerprint density at radius 2 is 1.55 bits per heavy atom. The number of carbonyl (C=O) groups is 1. The largest absolute Gasteiger partial charge is 0.496 e. The Morgan fingerprint density at radius 3 is 2.09 bits per heavy atom. The van der Waals surface area contributed by atoms with Crippen LogP contribution in [0.5, 0.6) is 28.7 Å². The molecule has 0 aliphatic carbocycles. The van der Waals surface area contributed by atoms with Crippen LogP contribution in [0.25, 0.3) is 6.08 Å². The van der Waals surface area contributed by atoms with E-state index in [0.29, 0.717) is 46.3 Å². The van der Waals surface area contributed by atoms with E-state index < -0.39 is 15.8 Å². The summed E-state index contributed by atoms with van der Waals surface area (Å²) in [6.45, 7) is 0.163. The zero-order valence-electron chi connectivity index (χ0n) is 19.0. The number of benzene rings is 2. The Bertz CT molecular complexity index is 1070. The molecule has 2 rings (SSSR count). The second-order valence-corrected chi connectivity index (χ2v) is 8.77. The van der Waals surface area contributed by atoms with E-state index in [2.05, 4.69) is 0 Å². The average molecular weight is 481 g/mol. The minimum atomic E-state index is -3.67. The maximum atomic E-state index is 12.8. The molecule has 9 nitrogen and oxygen atoms in total. The maximum Gasteiger partial charge on any atom is 0.303 e. The highest BCUT2D eigenvalue weighted by Gasteiger charge is 2.15. The van der Waals surface area contributed by atoms with Crippen LogP contribution in [-0.4, -0.2) is 54.5 Å². The number of carboxylic acids is 1. The summed E-state index contributed by atoms with van der Waals surface area (Å²) in [7, 11) is 2.24. The van der Waals surface area contributed by atoms with E-state index in [9.17, 15) is 13.2 Å². The molecule has 0 aromatic heterocycles. The molecule has 0 saturated heterocycles. The lowest BCUT2D eigenvalue weighted by Gasteiger charge is -2.13. The van der Waals surface area contributed by atoms with Gasteiger partial charge in [-0.2, -0.15) is 0 Å². The first kappa shape index (κ1) is 25.9. The van der Waals surface area contributed by atoms with Crippen LogP contribution in [0.3, 0.4) is 0 Å². The van der Waals surface area contributed by atoms with Gasteiger partial charge < -0.3 is 28.8 Å². The molecule has 2 aromatic carbocycles. The number of methoxy groups -OCH3 is 4. The minimum Gasteiger partial charge on any atom is -0.496 e. The van der Waals surface area contributed by atoms with E-state index >= 15 is 0 Å². The molecule has 180 valence electrons. The van der Waals surface area contributed by atoms with Crippen molar-refractivity contribution in [3.63, 3.8) is 0 Å². The molecule has 0 saturated carbocycles. The first-order chi connectivity index (χ1) is 15.7. The van der Waals surface area contributed by atoms with Gasteiger partial charge in [-0.25, -0.2) is 8.42 Å². The summed E-state index contributed by atoms with van der Waals surface area (Å²) in [5.41, 5.74) is 0.948. The lowest BCUT2D eigenvalue weighted by molar-refractivity contribution is -0.137. The van der Waals surface area contributed by atoms with Crippen molar-refractivity contribution in [2.45, 2.75) is 18.6 Å². The maximum absolute atomic E-state index is 12.8. The van der Waals surface area contributed by atoms with Crippen LogP contribution in [-0.2, 0) is 20.4 Å². The number of hydrogen-bond donors (Lipinski definition) is 1. The lowest BCUT2D eigenvalue weighted by atomic mass is 10.1. The van der Waals surface area contributed by atoms with Crippen molar-refractivity contribution in [1.29, 1.82) is 0 Å². The first-order valence-corrected chi connectivity index (χ1v) is 11.7. The molecule has 2 aromatic rings. The fourth-order valence-corrected chi connectivity index (χ4v) is 4.06. The monoisotopic (exact) mass is 480 g/mol. The number of carboxylic acid groups (broad SMARTS) is 1. The smallest absolute Gasteiger partial charge is 0.303 e. The van der Waals surface area contributed by atoms with E-state index in [1.807, 2.05) is 0 Å². The normalized spacial score (nSPS) is 11.3. The Labute approximate surface area is 193 Å². The molecule has 0 heterocycles. The Morgan fingerprint density at radius 1 is 0.909 bits per heavy atom. The van der Waals surface area contributed by atoms with Crippen LogP contribution >= 0.6 is 0 Å². The van der Waals surface area contributed by atoms with Crippen molar-refractivity contribution in [2.24, 2.45) is 0 Å². The lowest BCUT2D eigenvalue weighted by Crippen LogP contribution is -2.05. The summed E-state index contributed by atoms with van der Waals surface area (Å²) in [6.07, 6.45) is 1.70. The zero-order valence-corrected chi connectivity index (χ0v) is 19.8. The molecular formula is C23H28O9S. The van der Waals surface area contributed by atoms with Crippen molar-refractivity contribution in [2.75, 3.05) is 35.0 Å². The molecule has 0 amide bonds. The fraction of sp³-hybridized carbons (Fsp3) is 0.348. The Kier molecular flexibility index (Phi) is 9.41. The topological polar surface area (TPSA) is 118 Å². The molecule has 0 aliphatic heterocycles. The third-order valence-electron chi connectivity index (χ3n) is 4.58. The quantitative estimate of drug-likeness (QED) is 0.429. The Balaban J connectivity index is 2.23. The van der Waals surface area contributed by atoms with Crippen molar-refractivity contribution in [3.05, 3.63) is 46.9 Å². The molecule has 0 radical (unpaired) electrons. The summed E-state index contributed by atoms with van der Waals surface area (Å²) >= 11 is 0. The van der Waals surface area contributed by atoms with Gasteiger partial charge in [0.15, 0.2) is 21.3 Å². The van der Waals surface area contributed by atoms with E-state index in [0.717, 1.165) is 5.41 Å². The van der Waals surface area contributed by atoms with Crippen molar-refractivity contribution in [3.8, 4) is 28.7 Å². The summed E-state index contributed by atoms with van der Waals surface area (Å²) in [5.74, 6) is 0.894. The van der Waals surface area contributed by atoms with E-state index in [1.54, 1.807) is 30.3 Å². The van der Waals surface area contributed by atoms with Gasteiger partial charge in [0.05, 0.1) is 46.4 Å². The second-order valence-electron chi connectivity index (χ2n) is 6.89. The predicted molar refractivity (Wildman–Crippen MR) is 123 cm³/mol. The molecule has 0 bridgehead atoms. The summed E-state index contributed by atoms with van der Waals surface area (Å²) in [5, 5.41) is 9.83. The van der Waals surface area contributed by atoms with Crippen LogP contribution in [0.2, 0.25) is 0 Å². The molecule has 33 heavy (non-hydrogen) atoms. The van der Waals surface area contributed by atoms with Crippen LogP contribution < -0.4 is 23.7 Å². The summed E-state index contributed by atoms with van der Waals surface area (Å²) in [6, 6.07) is 8.07. The molecule has 0 spiro atoms. The zero-order chi connectivity index (χ0) is 24.4. The number of rotatable bonds is 13. The van der Waals surface area contributed by atoms with Gasteiger partial charge in [-0.05, 0) is 30.2 Å². The molecule has 0 aliphatic rings. The fourth-order valence-electron chi connectivity index (χ4n) is 2.98. The van der Waals surface area contributed by atoms with Gasteiger partial charge in [0.2, 0.25) is 0 Å². The van der Waals surface area contributed by atoms with E-state index in [-0.39, 0.29) is 18.8 Å². The number of sulfone groups is 1. The van der Waals surface area contributed by atoms with Gasteiger partial charge in [0, 0.05) is 24.0 Å². The first-order valence-electron chi connectivity index (χ1n) is 9.95. The van der Waals surface area contributed by atoms with Crippen LogP contribution in [0.1, 0.15) is 24.0 Å². The third-order valence-corrected chi connectivity index (χ3v) is 5.87. The van der Waals surface area contributed by atoms with E-state index in [4.69, 9.17) is 28.8 Å². The number of hydrogen-bond acceptors (Lipinski definition) is 8. The van der Waals surface area contributed by atoms with Crippen molar-refractivity contribution in [1.82, 2.24) is 0 Å². The predicted octanol–water partition coefficient (Wildman–Crippen LogP) is 3.55. The standard InChI is InChI=1S/C23H28O9S/c1-28-17-13-20(30-3)18(21(14-17)31-4)9-11-33(26,27)15-16-7-8-19(29-2)22(12-16)32-10-5-6-23(24)25/h7-9,11-14H,5-6,10,15H2,1-4H3,(H,24,25). The van der Waals surface area contributed by atoms with Crippen LogP contribution in [0.15, 0.2) is 35.7 Å². The minimum absolute atomic E-state index is 0.0283. The van der Waals surface area contributed by atoms with Crippen molar-refractivity contribution < 1.29 is 42.0 Å². The number of ether oxygens (including phenoxy) is 5. The second kappa shape index (κ2) is 12.0. The molecule has 0 fully saturated rings. The van der Waals surface area contributed by atoms with Gasteiger partial charge in [-0.3, -0.25) is 4.79 Å². The van der Waals surface area contributed by atoms with Crippen LogP contribution in [0, 0.1) is 0 Å².